The van der Waals surface area contributed by atoms with E-state index in [9.17, 15) is 9.59 Å². The van der Waals surface area contributed by atoms with Gasteiger partial charge < -0.3 is 24.3 Å². The number of hydrogen-bond donors (Lipinski definition) is 1. The Morgan fingerprint density at radius 1 is 1.10 bits per heavy atom. The molecule has 1 fully saturated rings. The summed E-state index contributed by atoms with van der Waals surface area (Å²) in [7, 11) is 1.66. The number of carbonyl (C=O) groups excluding carboxylic acids is 2. The molecule has 0 aliphatic carbocycles. The fourth-order valence-corrected chi connectivity index (χ4v) is 4.69. The summed E-state index contributed by atoms with van der Waals surface area (Å²) in [5.41, 5.74) is 1.99. The molecule has 8 heteroatoms. The van der Waals surface area contributed by atoms with Gasteiger partial charge in [0.15, 0.2) is 5.76 Å². The molecule has 1 saturated heterocycles. The van der Waals surface area contributed by atoms with Gasteiger partial charge >= 0.3 is 0 Å². The summed E-state index contributed by atoms with van der Waals surface area (Å²) in [5.74, 6) is 0.760. The molecule has 0 atom stereocenters. The normalized spacial score (nSPS) is 14.3. The highest BCUT2D eigenvalue weighted by Crippen LogP contribution is 2.29. The zero-order valence-electron chi connectivity index (χ0n) is 17.6. The Balaban J connectivity index is 1.41. The minimum Gasteiger partial charge on any atom is -0.497 e. The zero-order chi connectivity index (χ0) is 21.8. The van der Waals surface area contributed by atoms with Gasteiger partial charge in [0.05, 0.1) is 23.3 Å². The Bertz CT molecular complexity index is 1040. The summed E-state index contributed by atoms with van der Waals surface area (Å²) in [6, 6.07) is 13.1. The standard InChI is InChI=1S/C23H25N3O4S/c1-16-15-20(24-22(27)19-5-3-14-30-19)31-21(16)23(28)26-11-4-10-25(12-13-26)17-6-8-18(29-2)9-7-17/h3,5-9,14-15H,4,10-13H2,1-2H3,(H,24,27). The lowest BCUT2D eigenvalue weighted by molar-refractivity contribution is 0.0771. The largest absolute Gasteiger partial charge is 0.497 e. The van der Waals surface area contributed by atoms with Gasteiger partial charge in [-0.15, -0.1) is 11.3 Å². The van der Waals surface area contributed by atoms with Crippen LogP contribution < -0.4 is 15.0 Å². The van der Waals surface area contributed by atoms with E-state index in [-0.39, 0.29) is 17.6 Å². The number of anilines is 2. The molecule has 0 spiro atoms. The molecule has 162 valence electrons. The topological polar surface area (TPSA) is 75.0 Å². The highest BCUT2D eigenvalue weighted by atomic mass is 32.1. The van der Waals surface area contributed by atoms with Crippen molar-refractivity contribution >= 4 is 33.8 Å². The van der Waals surface area contributed by atoms with E-state index < -0.39 is 0 Å². The van der Waals surface area contributed by atoms with Crippen LogP contribution in [0.3, 0.4) is 0 Å². The number of carbonyl (C=O) groups is 2. The minimum absolute atomic E-state index is 0.0116. The van der Waals surface area contributed by atoms with Crippen molar-refractivity contribution in [3.05, 3.63) is 64.9 Å². The summed E-state index contributed by atoms with van der Waals surface area (Å²) in [6.45, 7) is 4.91. The molecule has 4 rings (SSSR count). The minimum atomic E-state index is -0.324. The summed E-state index contributed by atoms with van der Waals surface area (Å²) in [4.78, 5) is 30.3. The first-order chi connectivity index (χ1) is 15.0. The fourth-order valence-electron chi connectivity index (χ4n) is 3.65. The number of rotatable bonds is 5. The summed E-state index contributed by atoms with van der Waals surface area (Å²) in [6.07, 6.45) is 2.35. The van der Waals surface area contributed by atoms with Crippen LogP contribution in [0.2, 0.25) is 0 Å². The maximum atomic E-state index is 13.2. The Labute approximate surface area is 185 Å². The molecule has 2 amide bonds. The molecule has 2 aromatic heterocycles. The van der Waals surface area contributed by atoms with Gasteiger partial charge in [-0.3, -0.25) is 9.59 Å². The molecule has 3 heterocycles. The van der Waals surface area contributed by atoms with Gasteiger partial charge in [0, 0.05) is 31.9 Å². The number of methoxy groups -OCH3 is 1. The number of furan rings is 1. The van der Waals surface area contributed by atoms with E-state index in [1.807, 2.05) is 42.2 Å². The number of thiophene rings is 1. The first-order valence-electron chi connectivity index (χ1n) is 10.2. The third-order valence-corrected chi connectivity index (χ3v) is 6.45. The molecular formula is C23H25N3O4S. The van der Waals surface area contributed by atoms with E-state index in [1.54, 1.807) is 19.2 Å². The van der Waals surface area contributed by atoms with Gasteiger partial charge in [-0.05, 0) is 61.4 Å². The van der Waals surface area contributed by atoms with Crippen LogP contribution in [0.25, 0.3) is 0 Å². The van der Waals surface area contributed by atoms with Crippen molar-refractivity contribution in [2.75, 3.05) is 43.5 Å². The highest BCUT2D eigenvalue weighted by molar-refractivity contribution is 7.18. The SMILES string of the molecule is COc1ccc(N2CCCN(C(=O)c3sc(NC(=O)c4ccco4)cc3C)CC2)cc1. The lowest BCUT2D eigenvalue weighted by Crippen LogP contribution is -2.35. The van der Waals surface area contributed by atoms with Gasteiger partial charge in [-0.1, -0.05) is 0 Å². The van der Waals surface area contributed by atoms with Crippen molar-refractivity contribution < 1.29 is 18.7 Å². The number of ether oxygens (including phenoxy) is 1. The molecule has 7 nitrogen and oxygen atoms in total. The molecule has 1 aliphatic heterocycles. The Hall–Kier alpha value is -3.26. The van der Waals surface area contributed by atoms with Crippen molar-refractivity contribution in [2.24, 2.45) is 0 Å². The predicted molar refractivity (Wildman–Crippen MR) is 121 cm³/mol. The lowest BCUT2D eigenvalue weighted by atomic mass is 10.2. The lowest BCUT2D eigenvalue weighted by Gasteiger charge is -2.24. The molecule has 0 radical (unpaired) electrons. The van der Waals surface area contributed by atoms with Crippen molar-refractivity contribution in [3.8, 4) is 5.75 Å². The summed E-state index contributed by atoms with van der Waals surface area (Å²) >= 11 is 1.30. The van der Waals surface area contributed by atoms with E-state index in [0.29, 0.717) is 23.0 Å². The first-order valence-corrected chi connectivity index (χ1v) is 11.0. The summed E-state index contributed by atoms with van der Waals surface area (Å²) < 4.78 is 10.4. The van der Waals surface area contributed by atoms with Gasteiger partial charge in [-0.25, -0.2) is 0 Å². The Kier molecular flexibility index (Phi) is 6.27. The molecule has 1 aliphatic rings. The smallest absolute Gasteiger partial charge is 0.291 e. The van der Waals surface area contributed by atoms with Gasteiger partial charge in [-0.2, -0.15) is 0 Å². The van der Waals surface area contributed by atoms with Crippen LogP contribution in [0.4, 0.5) is 10.7 Å². The number of hydrogen-bond acceptors (Lipinski definition) is 6. The second kappa shape index (κ2) is 9.26. The zero-order valence-corrected chi connectivity index (χ0v) is 18.4. The average Bonchev–Trinajstić information content (AvgIpc) is 3.37. The molecule has 31 heavy (non-hydrogen) atoms. The number of aryl methyl sites for hydroxylation is 1. The van der Waals surface area contributed by atoms with E-state index in [0.717, 1.165) is 36.5 Å². The first kappa shape index (κ1) is 21.0. The van der Waals surface area contributed by atoms with Crippen LogP contribution in [0.1, 0.15) is 32.2 Å². The van der Waals surface area contributed by atoms with E-state index in [2.05, 4.69) is 10.2 Å². The van der Waals surface area contributed by atoms with Gasteiger partial charge in [0.1, 0.15) is 5.75 Å². The second-order valence-electron chi connectivity index (χ2n) is 7.39. The van der Waals surface area contributed by atoms with Crippen LogP contribution in [0.15, 0.2) is 53.1 Å². The second-order valence-corrected chi connectivity index (χ2v) is 8.44. The molecule has 3 aromatic rings. The monoisotopic (exact) mass is 439 g/mol. The van der Waals surface area contributed by atoms with E-state index in [1.165, 1.54) is 17.6 Å². The predicted octanol–water partition coefficient (Wildman–Crippen LogP) is 4.26. The molecule has 1 N–H and O–H groups in total. The average molecular weight is 440 g/mol. The molecule has 0 unspecified atom stereocenters. The molecule has 0 saturated carbocycles. The van der Waals surface area contributed by atoms with Crippen molar-refractivity contribution in [1.29, 1.82) is 0 Å². The Morgan fingerprint density at radius 2 is 1.90 bits per heavy atom. The van der Waals surface area contributed by atoms with Crippen LogP contribution in [-0.4, -0.2) is 50.0 Å². The van der Waals surface area contributed by atoms with Gasteiger partial charge in [0.2, 0.25) is 0 Å². The molecule has 0 bridgehead atoms. The Morgan fingerprint density at radius 3 is 2.61 bits per heavy atom. The van der Waals surface area contributed by atoms with Crippen LogP contribution >= 0.6 is 11.3 Å². The maximum absolute atomic E-state index is 13.2. The van der Waals surface area contributed by atoms with Crippen molar-refractivity contribution in [2.45, 2.75) is 13.3 Å². The number of amides is 2. The van der Waals surface area contributed by atoms with Crippen molar-refractivity contribution in [1.82, 2.24) is 4.90 Å². The number of nitrogens with zero attached hydrogens (tertiary/aromatic N) is 2. The van der Waals surface area contributed by atoms with Crippen molar-refractivity contribution in [3.63, 3.8) is 0 Å². The quantitative estimate of drug-likeness (QED) is 0.643. The summed E-state index contributed by atoms with van der Waals surface area (Å²) in [5, 5.41) is 3.45. The highest BCUT2D eigenvalue weighted by Gasteiger charge is 2.24. The van der Waals surface area contributed by atoms with E-state index >= 15 is 0 Å². The maximum Gasteiger partial charge on any atom is 0.291 e. The number of nitrogens with one attached hydrogen (secondary N) is 1. The van der Waals surface area contributed by atoms with Gasteiger partial charge in [0.25, 0.3) is 11.8 Å². The van der Waals surface area contributed by atoms with Crippen LogP contribution in [0, 0.1) is 6.92 Å². The molecule has 1 aromatic carbocycles. The van der Waals surface area contributed by atoms with E-state index in [4.69, 9.17) is 9.15 Å². The third kappa shape index (κ3) is 4.74. The molecular weight excluding hydrogens is 414 g/mol. The fraction of sp³-hybridized carbons (Fsp3) is 0.304. The van der Waals surface area contributed by atoms with Crippen LogP contribution in [0.5, 0.6) is 5.75 Å². The third-order valence-electron chi connectivity index (χ3n) is 5.31. The number of benzene rings is 1. The van der Waals surface area contributed by atoms with Crippen LogP contribution in [-0.2, 0) is 0 Å².